The van der Waals surface area contributed by atoms with E-state index in [-0.39, 0.29) is 0 Å². The minimum Gasteiger partial charge on any atom is -0.384 e. The van der Waals surface area contributed by atoms with Gasteiger partial charge in [0.15, 0.2) is 0 Å². The molecule has 0 aliphatic carbocycles. The molecule has 2 aromatic heterocycles. The molecule has 0 atom stereocenters. The number of nitrogen functional groups attached to an aromatic ring is 1. The second kappa shape index (κ2) is 4.89. The van der Waals surface area contributed by atoms with E-state index in [1.807, 2.05) is 6.20 Å². The lowest BCUT2D eigenvalue weighted by Crippen LogP contribution is -2.04. The summed E-state index contributed by atoms with van der Waals surface area (Å²) in [5, 5.41) is 4.12. The summed E-state index contributed by atoms with van der Waals surface area (Å²) in [4.78, 5) is 13.7. The average molecular weight is 235 g/mol. The first kappa shape index (κ1) is 10.8. The van der Waals surface area contributed by atoms with Crippen molar-refractivity contribution in [2.45, 2.75) is 19.9 Å². The molecule has 0 spiro atoms. The summed E-state index contributed by atoms with van der Waals surface area (Å²) in [5.41, 5.74) is 5.55. The highest BCUT2D eigenvalue weighted by molar-refractivity contribution is 7.11. The molecule has 0 radical (unpaired) electrons. The Hall–Kier alpha value is -1.69. The number of aryl methyl sites for hydroxylation is 1. The third-order valence-electron chi connectivity index (χ3n) is 2.02. The maximum absolute atomic E-state index is 5.55. The lowest BCUT2D eigenvalue weighted by molar-refractivity contribution is 1.04. The molecule has 84 valence electrons. The molecule has 0 saturated carbocycles. The van der Waals surface area contributed by atoms with Crippen LogP contribution in [0.1, 0.15) is 16.8 Å². The van der Waals surface area contributed by atoms with E-state index in [9.17, 15) is 0 Å². The Bertz CT molecular complexity index is 468. The predicted molar refractivity (Wildman–Crippen MR) is 65.3 cm³/mol. The van der Waals surface area contributed by atoms with Crippen molar-refractivity contribution in [3.05, 3.63) is 28.3 Å². The van der Waals surface area contributed by atoms with Gasteiger partial charge in [0.05, 0.1) is 6.54 Å². The molecule has 0 unspecified atom stereocenters. The van der Waals surface area contributed by atoms with Crippen molar-refractivity contribution in [1.82, 2.24) is 15.0 Å². The van der Waals surface area contributed by atoms with Gasteiger partial charge in [-0.15, -0.1) is 11.3 Å². The maximum atomic E-state index is 5.55. The molecule has 3 N–H and O–H groups in total. The van der Waals surface area contributed by atoms with Crippen LogP contribution in [-0.2, 0) is 13.0 Å². The van der Waals surface area contributed by atoms with Gasteiger partial charge in [0, 0.05) is 17.3 Å². The first-order valence-corrected chi connectivity index (χ1v) is 5.85. The van der Waals surface area contributed by atoms with Gasteiger partial charge < -0.3 is 11.1 Å². The Morgan fingerprint density at radius 1 is 1.44 bits per heavy atom. The Labute approximate surface area is 97.8 Å². The number of nitrogens with two attached hydrogens (primary N) is 1. The fourth-order valence-corrected chi connectivity index (χ4v) is 2.01. The van der Waals surface area contributed by atoms with Gasteiger partial charge in [-0.3, -0.25) is 0 Å². The monoisotopic (exact) mass is 235 g/mol. The quantitative estimate of drug-likeness (QED) is 0.843. The first-order chi connectivity index (χ1) is 7.78. The smallest absolute Gasteiger partial charge is 0.224 e. The van der Waals surface area contributed by atoms with Gasteiger partial charge in [-0.25, -0.2) is 9.97 Å². The molecule has 2 rings (SSSR count). The zero-order valence-electron chi connectivity index (χ0n) is 8.97. The van der Waals surface area contributed by atoms with E-state index in [0.717, 1.165) is 11.4 Å². The van der Waals surface area contributed by atoms with E-state index in [4.69, 9.17) is 5.73 Å². The number of rotatable bonds is 4. The molecule has 2 aromatic rings. The summed E-state index contributed by atoms with van der Waals surface area (Å²) in [5.74, 6) is 0.999. The summed E-state index contributed by atoms with van der Waals surface area (Å²) in [6.45, 7) is 2.75. The van der Waals surface area contributed by atoms with Crippen LogP contribution in [0.2, 0.25) is 0 Å². The molecule has 0 bridgehead atoms. The number of hydrogen-bond acceptors (Lipinski definition) is 6. The van der Waals surface area contributed by atoms with E-state index >= 15 is 0 Å². The van der Waals surface area contributed by atoms with Crippen molar-refractivity contribution in [3.8, 4) is 0 Å². The van der Waals surface area contributed by atoms with Crippen molar-refractivity contribution in [1.29, 1.82) is 0 Å². The molecule has 0 aromatic carbocycles. The normalized spacial score (nSPS) is 10.3. The number of anilines is 2. The van der Waals surface area contributed by atoms with Crippen LogP contribution in [0.15, 0.2) is 18.5 Å². The SMILES string of the molecule is CCc1cnc(CNc2nccc(N)n2)s1. The van der Waals surface area contributed by atoms with Gasteiger partial charge in [-0.05, 0) is 12.5 Å². The zero-order valence-corrected chi connectivity index (χ0v) is 9.79. The van der Waals surface area contributed by atoms with E-state index in [1.54, 1.807) is 23.6 Å². The fraction of sp³-hybridized carbons (Fsp3) is 0.300. The van der Waals surface area contributed by atoms with Crippen molar-refractivity contribution in [2.75, 3.05) is 11.1 Å². The summed E-state index contributed by atoms with van der Waals surface area (Å²) in [7, 11) is 0. The number of thiazole rings is 1. The van der Waals surface area contributed by atoms with Gasteiger partial charge in [0.2, 0.25) is 5.95 Å². The highest BCUT2D eigenvalue weighted by atomic mass is 32.1. The predicted octanol–water partition coefficient (Wildman–Crippen LogP) is 1.69. The summed E-state index contributed by atoms with van der Waals surface area (Å²) >= 11 is 1.70. The third kappa shape index (κ3) is 2.66. The molecular formula is C10H13N5S. The third-order valence-corrected chi connectivity index (χ3v) is 3.17. The Balaban J connectivity index is 1.96. The van der Waals surface area contributed by atoms with E-state index in [0.29, 0.717) is 18.3 Å². The lowest BCUT2D eigenvalue weighted by Gasteiger charge is -2.01. The fourth-order valence-electron chi connectivity index (χ4n) is 1.21. The Kier molecular flexibility index (Phi) is 3.31. The second-order valence-electron chi connectivity index (χ2n) is 3.23. The molecule has 6 heteroatoms. The van der Waals surface area contributed by atoms with E-state index in [1.165, 1.54) is 4.88 Å². The zero-order chi connectivity index (χ0) is 11.4. The standard InChI is InChI=1S/C10H13N5S/c1-2-7-5-13-9(16-7)6-14-10-12-4-3-8(11)15-10/h3-5H,2,6H2,1H3,(H3,11,12,14,15). The molecule has 0 aliphatic heterocycles. The first-order valence-electron chi connectivity index (χ1n) is 5.04. The number of nitrogens with one attached hydrogen (secondary N) is 1. The molecule has 5 nitrogen and oxygen atoms in total. The second-order valence-corrected chi connectivity index (χ2v) is 4.43. The topological polar surface area (TPSA) is 76.7 Å². The minimum atomic E-state index is 0.464. The lowest BCUT2D eigenvalue weighted by atomic mass is 10.4. The van der Waals surface area contributed by atoms with Gasteiger partial charge in [0.25, 0.3) is 0 Å². The van der Waals surface area contributed by atoms with Crippen molar-refractivity contribution in [2.24, 2.45) is 0 Å². The van der Waals surface area contributed by atoms with Crippen LogP contribution in [0.5, 0.6) is 0 Å². The number of aromatic nitrogens is 3. The van der Waals surface area contributed by atoms with Crippen LogP contribution in [0.25, 0.3) is 0 Å². The Morgan fingerprint density at radius 3 is 3.00 bits per heavy atom. The van der Waals surface area contributed by atoms with E-state index < -0.39 is 0 Å². The highest BCUT2D eigenvalue weighted by Crippen LogP contribution is 2.14. The van der Waals surface area contributed by atoms with Crippen molar-refractivity contribution in [3.63, 3.8) is 0 Å². The molecule has 2 heterocycles. The number of hydrogen-bond donors (Lipinski definition) is 2. The van der Waals surface area contributed by atoms with Crippen molar-refractivity contribution < 1.29 is 0 Å². The van der Waals surface area contributed by atoms with Gasteiger partial charge in [0.1, 0.15) is 10.8 Å². The molecule has 0 fully saturated rings. The minimum absolute atomic E-state index is 0.464. The highest BCUT2D eigenvalue weighted by Gasteiger charge is 2.01. The summed E-state index contributed by atoms with van der Waals surface area (Å²) < 4.78 is 0. The van der Waals surface area contributed by atoms with E-state index in [2.05, 4.69) is 27.2 Å². The molecule has 0 amide bonds. The average Bonchev–Trinajstić information content (AvgIpc) is 2.74. The van der Waals surface area contributed by atoms with Crippen LogP contribution in [0.4, 0.5) is 11.8 Å². The summed E-state index contributed by atoms with van der Waals surface area (Å²) in [6, 6.07) is 1.66. The number of nitrogens with zero attached hydrogens (tertiary/aromatic N) is 3. The maximum Gasteiger partial charge on any atom is 0.224 e. The van der Waals surface area contributed by atoms with Crippen LogP contribution in [0, 0.1) is 0 Å². The molecule has 0 saturated heterocycles. The van der Waals surface area contributed by atoms with Gasteiger partial charge >= 0.3 is 0 Å². The Morgan fingerprint density at radius 2 is 2.31 bits per heavy atom. The molecule has 16 heavy (non-hydrogen) atoms. The largest absolute Gasteiger partial charge is 0.384 e. The molecule has 0 aliphatic rings. The van der Waals surface area contributed by atoms with Crippen LogP contribution >= 0.6 is 11.3 Å². The van der Waals surface area contributed by atoms with Crippen LogP contribution < -0.4 is 11.1 Å². The summed E-state index contributed by atoms with van der Waals surface area (Å²) in [6.07, 6.45) is 4.55. The molecular weight excluding hydrogens is 222 g/mol. The van der Waals surface area contributed by atoms with Crippen molar-refractivity contribution >= 4 is 23.1 Å². The van der Waals surface area contributed by atoms with Gasteiger partial charge in [-0.2, -0.15) is 4.98 Å². The van der Waals surface area contributed by atoms with Gasteiger partial charge in [-0.1, -0.05) is 6.92 Å². The van der Waals surface area contributed by atoms with Crippen LogP contribution in [0.3, 0.4) is 0 Å². The van der Waals surface area contributed by atoms with Crippen LogP contribution in [-0.4, -0.2) is 15.0 Å².